The van der Waals surface area contributed by atoms with Crippen LogP contribution in [0.3, 0.4) is 0 Å². The zero-order valence-corrected chi connectivity index (χ0v) is 10.0. The highest BCUT2D eigenvalue weighted by Crippen LogP contribution is 2.31. The van der Waals surface area contributed by atoms with Gasteiger partial charge in [0.05, 0.1) is 4.92 Å². The van der Waals surface area contributed by atoms with Crippen molar-refractivity contribution in [2.75, 3.05) is 18.0 Å². The van der Waals surface area contributed by atoms with E-state index >= 15 is 0 Å². The molecule has 0 aromatic carbocycles. The summed E-state index contributed by atoms with van der Waals surface area (Å²) in [4.78, 5) is 12.5. The fraction of sp³-hybridized carbons (Fsp3) is 0.700. The number of nitrogens with zero attached hydrogens (tertiary/aromatic N) is 4. The molecule has 0 bridgehead atoms. The first kappa shape index (κ1) is 11.8. The third kappa shape index (κ3) is 2.23. The van der Waals surface area contributed by atoms with Gasteiger partial charge in [0.25, 0.3) is 0 Å². The van der Waals surface area contributed by atoms with Gasteiger partial charge in [-0.25, -0.2) is 0 Å². The summed E-state index contributed by atoms with van der Waals surface area (Å²) in [5.74, 6) is 0.845. The van der Waals surface area contributed by atoms with Crippen LogP contribution in [-0.2, 0) is 7.05 Å². The summed E-state index contributed by atoms with van der Waals surface area (Å²) in [7, 11) is 1.69. The number of nitrogens with two attached hydrogens (primary N) is 1. The van der Waals surface area contributed by atoms with Crippen LogP contribution in [0.15, 0.2) is 6.20 Å². The second kappa shape index (κ2) is 4.33. The maximum Gasteiger partial charge on any atom is 0.330 e. The topological polar surface area (TPSA) is 90.2 Å². The molecule has 0 saturated carbocycles. The predicted molar refractivity (Wildman–Crippen MR) is 63.8 cm³/mol. The SMILES string of the molecule is CC(N)C1CCN(c2nn(C)cc2[N+](=O)[O-])C1. The second-order valence-corrected chi connectivity index (χ2v) is 4.62. The minimum atomic E-state index is -0.387. The first-order valence-corrected chi connectivity index (χ1v) is 5.67. The minimum absolute atomic E-state index is 0.0674. The van der Waals surface area contributed by atoms with Crippen LogP contribution in [0.4, 0.5) is 11.5 Å². The molecule has 7 heteroatoms. The average Bonchev–Trinajstić information content (AvgIpc) is 2.82. The Balaban J connectivity index is 2.21. The highest BCUT2D eigenvalue weighted by atomic mass is 16.6. The Bertz CT molecular complexity index is 428. The molecule has 1 aliphatic rings. The zero-order valence-electron chi connectivity index (χ0n) is 10.0. The van der Waals surface area contributed by atoms with E-state index in [-0.39, 0.29) is 16.7 Å². The summed E-state index contributed by atoms with van der Waals surface area (Å²) in [6.07, 6.45) is 2.40. The number of anilines is 1. The third-order valence-corrected chi connectivity index (χ3v) is 3.26. The molecule has 17 heavy (non-hydrogen) atoms. The van der Waals surface area contributed by atoms with Crippen LogP contribution in [0.5, 0.6) is 0 Å². The lowest BCUT2D eigenvalue weighted by Gasteiger charge is -2.16. The standard InChI is InChI=1S/C10H17N5O2/c1-7(11)8-3-4-14(5-8)10-9(15(16)17)6-13(2)12-10/h6-8H,3-5,11H2,1-2H3. The second-order valence-electron chi connectivity index (χ2n) is 4.62. The Morgan fingerprint density at radius 1 is 1.71 bits per heavy atom. The van der Waals surface area contributed by atoms with E-state index in [1.807, 2.05) is 11.8 Å². The number of hydrogen-bond donors (Lipinski definition) is 1. The Kier molecular flexibility index (Phi) is 3.01. The quantitative estimate of drug-likeness (QED) is 0.612. The normalized spacial score (nSPS) is 21.8. The molecule has 1 aliphatic heterocycles. The van der Waals surface area contributed by atoms with E-state index in [0.29, 0.717) is 11.7 Å². The van der Waals surface area contributed by atoms with Gasteiger partial charge in [-0.15, -0.1) is 5.10 Å². The van der Waals surface area contributed by atoms with Gasteiger partial charge in [0.15, 0.2) is 0 Å². The third-order valence-electron chi connectivity index (χ3n) is 3.26. The molecular weight excluding hydrogens is 222 g/mol. The molecular formula is C10H17N5O2. The van der Waals surface area contributed by atoms with E-state index in [1.165, 1.54) is 10.9 Å². The lowest BCUT2D eigenvalue weighted by molar-refractivity contribution is -0.384. The van der Waals surface area contributed by atoms with Crippen molar-refractivity contribution in [1.82, 2.24) is 9.78 Å². The van der Waals surface area contributed by atoms with Crippen molar-refractivity contribution in [3.8, 4) is 0 Å². The molecule has 1 aromatic rings. The summed E-state index contributed by atoms with van der Waals surface area (Å²) in [5.41, 5.74) is 5.92. The van der Waals surface area contributed by atoms with Gasteiger partial charge in [-0.05, 0) is 19.3 Å². The lowest BCUT2D eigenvalue weighted by atomic mass is 10.0. The first-order valence-electron chi connectivity index (χ1n) is 5.67. The Morgan fingerprint density at radius 2 is 2.41 bits per heavy atom. The van der Waals surface area contributed by atoms with Crippen molar-refractivity contribution < 1.29 is 4.92 Å². The monoisotopic (exact) mass is 239 g/mol. The summed E-state index contributed by atoms with van der Waals surface area (Å²) in [5, 5.41) is 15.1. The van der Waals surface area contributed by atoms with Crippen molar-refractivity contribution in [1.29, 1.82) is 0 Å². The molecule has 2 N–H and O–H groups in total. The van der Waals surface area contributed by atoms with E-state index in [2.05, 4.69) is 5.10 Å². The van der Waals surface area contributed by atoms with Crippen LogP contribution in [0.1, 0.15) is 13.3 Å². The van der Waals surface area contributed by atoms with Crippen molar-refractivity contribution in [2.45, 2.75) is 19.4 Å². The van der Waals surface area contributed by atoms with Crippen LogP contribution in [-0.4, -0.2) is 33.8 Å². The van der Waals surface area contributed by atoms with E-state index < -0.39 is 0 Å². The minimum Gasteiger partial charge on any atom is -0.349 e. The maximum atomic E-state index is 10.9. The van der Waals surface area contributed by atoms with Crippen LogP contribution in [0.25, 0.3) is 0 Å². The van der Waals surface area contributed by atoms with E-state index in [4.69, 9.17) is 5.73 Å². The molecule has 0 radical (unpaired) electrons. The Morgan fingerprint density at radius 3 is 2.94 bits per heavy atom. The predicted octanol–water partition coefficient (Wildman–Crippen LogP) is 0.502. The molecule has 2 unspecified atom stereocenters. The lowest BCUT2D eigenvalue weighted by Crippen LogP contribution is -2.30. The summed E-state index contributed by atoms with van der Waals surface area (Å²) in [6, 6.07) is 0.114. The number of aryl methyl sites for hydroxylation is 1. The number of aromatic nitrogens is 2. The summed E-state index contributed by atoms with van der Waals surface area (Å²) in [6.45, 7) is 3.50. The molecule has 1 fully saturated rings. The van der Waals surface area contributed by atoms with E-state index in [9.17, 15) is 10.1 Å². The zero-order chi connectivity index (χ0) is 12.6. The van der Waals surface area contributed by atoms with Gasteiger partial charge in [0.2, 0.25) is 5.82 Å². The number of nitro groups is 1. The number of hydrogen-bond acceptors (Lipinski definition) is 5. The van der Waals surface area contributed by atoms with Crippen LogP contribution >= 0.6 is 0 Å². The molecule has 0 spiro atoms. The van der Waals surface area contributed by atoms with Crippen LogP contribution in [0.2, 0.25) is 0 Å². The molecule has 2 atom stereocenters. The van der Waals surface area contributed by atoms with Gasteiger partial charge < -0.3 is 10.6 Å². The van der Waals surface area contributed by atoms with Crippen LogP contribution < -0.4 is 10.6 Å². The molecule has 7 nitrogen and oxygen atoms in total. The fourth-order valence-corrected chi connectivity index (χ4v) is 2.23. The molecule has 1 saturated heterocycles. The van der Waals surface area contributed by atoms with Crippen molar-refractivity contribution in [3.63, 3.8) is 0 Å². The first-order chi connectivity index (χ1) is 7.99. The largest absolute Gasteiger partial charge is 0.349 e. The van der Waals surface area contributed by atoms with Crippen molar-refractivity contribution >= 4 is 11.5 Å². The van der Waals surface area contributed by atoms with Gasteiger partial charge in [-0.2, -0.15) is 0 Å². The average molecular weight is 239 g/mol. The van der Waals surface area contributed by atoms with Gasteiger partial charge in [0, 0.05) is 26.2 Å². The highest BCUT2D eigenvalue weighted by molar-refractivity contribution is 5.57. The molecule has 2 heterocycles. The smallest absolute Gasteiger partial charge is 0.330 e. The summed E-state index contributed by atoms with van der Waals surface area (Å²) < 4.78 is 1.48. The van der Waals surface area contributed by atoms with Gasteiger partial charge in [-0.3, -0.25) is 14.8 Å². The Hall–Kier alpha value is -1.63. The Labute approximate surface area is 99.3 Å². The molecule has 2 rings (SSSR count). The van der Waals surface area contributed by atoms with Gasteiger partial charge in [-0.1, -0.05) is 0 Å². The molecule has 94 valence electrons. The molecule has 0 amide bonds. The van der Waals surface area contributed by atoms with E-state index in [1.54, 1.807) is 7.05 Å². The highest BCUT2D eigenvalue weighted by Gasteiger charge is 2.31. The van der Waals surface area contributed by atoms with Crippen molar-refractivity contribution in [3.05, 3.63) is 16.3 Å². The molecule has 1 aromatic heterocycles. The van der Waals surface area contributed by atoms with Crippen molar-refractivity contribution in [2.24, 2.45) is 18.7 Å². The maximum absolute atomic E-state index is 10.9. The van der Waals surface area contributed by atoms with Gasteiger partial charge in [0.1, 0.15) is 6.20 Å². The number of rotatable bonds is 3. The van der Waals surface area contributed by atoms with E-state index in [0.717, 1.165) is 19.5 Å². The summed E-state index contributed by atoms with van der Waals surface area (Å²) >= 11 is 0. The fourth-order valence-electron chi connectivity index (χ4n) is 2.23. The molecule has 0 aliphatic carbocycles. The van der Waals surface area contributed by atoms with Crippen LogP contribution in [0, 0.1) is 16.0 Å². The van der Waals surface area contributed by atoms with Gasteiger partial charge >= 0.3 is 5.69 Å².